The Balaban J connectivity index is 1.75. The third-order valence-corrected chi connectivity index (χ3v) is 4.35. The third kappa shape index (κ3) is 3.50. The molecule has 1 saturated heterocycles. The maximum absolute atomic E-state index is 10.8. The van der Waals surface area contributed by atoms with Crippen molar-refractivity contribution in [2.75, 3.05) is 5.01 Å². The molecule has 1 heterocycles. The monoisotopic (exact) mass is 349 g/mol. The second-order valence-electron chi connectivity index (χ2n) is 6.12. The number of benzene rings is 2. The molecule has 0 aliphatic carbocycles. The molecule has 0 unspecified atom stereocenters. The predicted molar refractivity (Wildman–Crippen MR) is 102 cm³/mol. The fourth-order valence-electron chi connectivity index (χ4n) is 2.81. The summed E-state index contributed by atoms with van der Waals surface area (Å²) in [5.74, 6) is 0. The number of hydrazine groups is 1. The number of nitrogens with one attached hydrogen (secondary N) is 1. The molecular formula is C20H21N4O2+. The van der Waals surface area contributed by atoms with E-state index < -0.39 is 4.92 Å². The van der Waals surface area contributed by atoms with Crippen LogP contribution in [0.25, 0.3) is 0 Å². The number of rotatable bonds is 5. The summed E-state index contributed by atoms with van der Waals surface area (Å²) in [6, 6.07) is 16.8. The summed E-state index contributed by atoms with van der Waals surface area (Å²) in [4.78, 5) is 10.4. The minimum Gasteiger partial charge on any atom is -0.313 e. The van der Waals surface area contributed by atoms with Gasteiger partial charge in [0.2, 0.25) is 0 Å². The smallest absolute Gasteiger partial charge is 0.269 e. The average Bonchev–Trinajstić information content (AvgIpc) is 2.94. The number of anilines is 1. The molecule has 0 spiro atoms. The summed E-state index contributed by atoms with van der Waals surface area (Å²) < 4.78 is 0. The topological polar surface area (TPSA) is 75.0 Å². The van der Waals surface area contributed by atoms with E-state index in [0.29, 0.717) is 0 Å². The van der Waals surface area contributed by atoms with E-state index >= 15 is 0 Å². The van der Waals surface area contributed by atoms with Gasteiger partial charge in [0, 0.05) is 17.7 Å². The van der Waals surface area contributed by atoms with E-state index in [1.54, 1.807) is 17.1 Å². The first-order valence-electron chi connectivity index (χ1n) is 8.27. The molecule has 3 N–H and O–H groups in total. The van der Waals surface area contributed by atoms with Gasteiger partial charge in [-0.15, -0.1) is 0 Å². The van der Waals surface area contributed by atoms with E-state index in [4.69, 9.17) is 0 Å². The molecule has 1 aliphatic heterocycles. The molecule has 26 heavy (non-hydrogen) atoms. The van der Waals surface area contributed by atoms with Crippen molar-refractivity contribution in [3.63, 3.8) is 0 Å². The largest absolute Gasteiger partial charge is 0.313 e. The molecule has 0 radical (unpaired) electrons. The lowest BCUT2D eigenvalue weighted by Crippen LogP contribution is -2.78. The zero-order valence-electron chi connectivity index (χ0n) is 14.6. The number of nitrogens with zero attached hydrogens (tertiary/aromatic N) is 2. The Morgan fingerprint density at radius 3 is 2.42 bits per heavy atom. The number of nitrogens with two attached hydrogens (primary N) is 1. The maximum Gasteiger partial charge on any atom is 0.269 e. The van der Waals surface area contributed by atoms with Crippen LogP contribution in [0, 0.1) is 10.1 Å². The second kappa shape index (κ2) is 7.25. The van der Waals surface area contributed by atoms with Crippen molar-refractivity contribution in [3.8, 4) is 0 Å². The number of nitro benzene ring substituents is 1. The summed E-state index contributed by atoms with van der Waals surface area (Å²) in [7, 11) is 0. The van der Waals surface area contributed by atoms with Crippen LogP contribution >= 0.6 is 0 Å². The van der Waals surface area contributed by atoms with Gasteiger partial charge in [-0.25, -0.2) is 0 Å². The van der Waals surface area contributed by atoms with Gasteiger partial charge in [0.15, 0.2) is 0 Å². The molecule has 1 atom stereocenters. The molecule has 132 valence electrons. The lowest BCUT2D eigenvalue weighted by atomic mass is 10.1. The van der Waals surface area contributed by atoms with Crippen molar-refractivity contribution >= 4 is 11.4 Å². The van der Waals surface area contributed by atoms with Crippen LogP contribution in [0.2, 0.25) is 0 Å². The van der Waals surface area contributed by atoms with Gasteiger partial charge in [0.05, 0.1) is 27.6 Å². The van der Waals surface area contributed by atoms with Gasteiger partial charge in [0.1, 0.15) is 12.2 Å². The number of hydrogen-bond acceptors (Lipinski definition) is 4. The lowest BCUT2D eigenvalue weighted by molar-refractivity contribution is -0.630. The molecule has 0 bridgehead atoms. The Labute approximate surface area is 152 Å². The van der Waals surface area contributed by atoms with Crippen LogP contribution in [0.15, 0.2) is 90.9 Å². The van der Waals surface area contributed by atoms with Crippen molar-refractivity contribution in [2.24, 2.45) is 0 Å². The van der Waals surface area contributed by atoms with Gasteiger partial charge in [-0.3, -0.25) is 20.5 Å². The molecule has 1 aliphatic rings. The molecule has 0 amide bonds. The van der Waals surface area contributed by atoms with Crippen LogP contribution in [-0.4, -0.2) is 4.92 Å². The second-order valence-corrected chi connectivity index (χ2v) is 6.12. The fraction of sp³-hybridized carbons (Fsp3) is 0.100. The van der Waals surface area contributed by atoms with E-state index in [-0.39, 0.29) is 11.7 Å². The number of quaternary nitrogens is 1. The maximum atomic E-state index is 10.8. The first-order chi connectivity index (χ1) is 12.5. The summed E-state index contributed by atoms with van der Waals surface area (Å²) in [5.41, 5.74) is 7.62. The molecule has 3 rings (SSSR count). The van der Waals surface area contributed by atoms with E-state index in [0.717, 1.165) is 22.7 Å². The van der Waals surface area contributed by atoms with Gasteiger partial charge in [0.25, 0.3) is 5.69 Å². The molecular weight excluding hydrogens is 328 g/mol. The number of nitro groups is 1. The van der Waals surface area contributed by atoms with Crippen LogP contribution in [-0.2, 0) is 0 Å². The van der Waals surface area contributed by atoms with Crippen molar-refractivity contribution < 1.29 is 10.2 Å². The predicted octanol–water partition coefficient (Wildman–Crippen LogP) is 3.16. The van der Waals surface area contributed by atoms with Crippen molar-refractivity contribution in [3.05, 3.63) is 107 Å². The van der Waals surface area contributed by atoms with Gasteiger partial charge in [-0.05, 0) is 19.1 Å². The van der Waals surface area contributed by atoms with Crippen molar-refractivity contribution in [1.29, 1.82) is 0 Å². The zero-order chi connectivity index (χ0) is 18.7. The summed E-state index contributed by atoms with van der Waals surface area (Å²) in [5, 5.41) is 14.7. The molecule has 0 saturated carbocycles. The molecule has 1 fully saturated rings. The quantitative estimate of drug-likeness (QED) is 0.642. The Morgan fingerprint density at radius 2 is 1.81 bits per heavy atom. The average molecular weight is 349 g/mol. The Bertz CT molecular complexity index is 872. The van der Waals surface area contributed by atoms with Crippen LogP contribution in [0.3, 0.4) is 0 Å². The highest BCUT2D eigenvalue weighted by Crippen LogP contribution is 2.30. The molecule has 0 aromatic heterocycles. The normalized spacial score (nSPS) is 16.7. The summed E-state index contributed by atoms with van der Waals surface area (Å²) in [6.45, 7) is 10.3. The minimum atomic E-state index is -0.416. The number of non-ortho nitro benzene ring substituents is 1. The van der Waals surface area contributed by atoms with Crippen LogP contribution in [0.5, 0.6) is 0 Å². The molecule has 6 nitrogen and oxygen atoms in total. The van der Waals surface area contributed by atoms with Crippen LogP contribution < -0.4 is 15.8 Å². The fourth-order valence-corrected chi connectivity index (χ4v) is 2.81. The Hall–Kier alpha value is -3.38. The van der Waals surface area contributed by atoms with E-state index in [9.17, 15) is 10.1 Å². The third-order valence-electron chi connectivity index (χ3n) is 4.35. The van der Waals surface area contributed by atoms with E-state index in [2.05, 4.69) is 43.0 Å². The van der Waals surface area contributed by atoms with Gasteiger partial charge in [-0.2, -0.15) is 0 Å². The van der Waals surface area contributed by atoms with E-state index in [1.807, 2.05) is 24.4 Å². The number of hydrogen-bond donors (Lipinski definition) is 2. The highest BCUT2D eigenvalue weighted by molar-refractivity contribution is 5.64. The van der Waals surface area contributed by atoms with Gasteiger partial charge >= 0.3 is 0 Å². The summed E-state index contributed by atoms with van der Waals surface area (Å²) >= 11 is 0. The zero-order valence-corrected chi connectivity index (χ0v) is 14.6. The minimum absolute atomic E-state index is 0.0539. The first kappa shape index (κ1) is 17.4. The molecule has 6 heteroatoms. The Morgan fingerprint density at radius 1 is 1.15 bits per heavy atom. The summed E-state index contributed by atoms with van der Waals surface area (Å²) in [6.07, 6.45) is 2.01. The van der Waals surface area contributed by atoms with Crippen molar-refractivity contribution in [2.45, 2.75) is 13.0 Å². The van der Waals surface area contributed by atoms with Crippen LogP contribution in [0.4, 0.5) is 11.4 Å². The van der Waals surface area contributed by atoms with Crippen LogP contribution in [0.1, 0.15) is 18.5 Å². The highest BCUT2D eigenvalue weighted by Gasteiger charge is 2.26. The Kier molecular flexibility index (Phi) is 4.86. The standard InChI is InChI=1S/C20H20N4O2/c1-14(17-7-5-4-6-8-17)21-13-20-15(2)22-23(16(20)3)18-9-11-19(12-10-18)24(25)26/h4-14,21-22H,2-3H2,1H3/p+1/b20-13+/t14-/m0/s1. The SMILES string of the molecule is C=C1NN(c2ccc([N+](=O)[O-])cc2)C(=C)/C1=C/[NH2+][C@@H](C)c1ccccc1. The first-order valence-corrected chi connectivity index (χ1v) is 8.27. The van der Waals surface area contributed by atoms with Gasteiger partial charge < -0.3 is 5.32 Å². The van der Waals surface area contributed by atoms with E-state index in [1.165, 1.54) is 17.7 Å². The van der Waals surface area contributed by atoms with Crippen molar-refractivity contribution in [1.82, 2.24) is 5.43 Å². The molecule has 2 aromatic carbocycles. The highest BCUT2D eigenvalue weighted by atomic mass is 16.6. The molecule has 2 aromatic rings. The lowest BCUT2D eigenvalue weighted by Gasteiger charge is -2.18. The van der Waals surface area contributed by atoms with Gasteiger partial charge in [-0.1, -0.05) is 43.5 Å².